The monoisotopic (exact) mass is 303 g/mol. The molecule has 1 aromatic rings. The Bertz CT molecular complexity index is 399. The second-order valence-electron chi connectivity index (χ2n) is 4.54. The van der Waals surface area contributed by atoms with E-state index in [2.05, 4.69) is 13.8 Å². The van der Waals surface area contributed by atoms with Gasteiger partial charge in [-0.25, -0.2) is 0 Å². The summed E-state index contributed by atoms with van der Waals surface area (Å²) in [6.07, 6.45) is 2.65. The molecule has 0 saturated carbocycles. The van der Waals surface area contributed by atoms with E-state index in [4.69, 9.17) is 19.9 Å². The van der Waals surface area contributed by atoms with Gasteiger partial charge in [-0.2, -0.15) is 0 Å². The molecule has 0 aromatic heterocycles. The summed E-state index contributed by atoms with van der Waals surface area (Å²) in [7, 11) is 3.30. The van der Waals surface area contributed by atoms with Crippen molar-refractivity contribution in [3.05, 3.63) is 17.7 Å². The number of hydrogen-bond donors (Lipinski definition) is 1. The van der Waals surface area contributed by atoms with Crippen molar-refractivity contribution < 1.29 is 14.2 Å². The van der Waals surface area contributed by atoms with Crippen molar-refractivity contribution in [3.63, 3.8) is 0 Å². The molecule has 0 bridgehead atoms. The number of methoxy groups -OCH3 is 2. The van der Waals surface area contributed by atoms with E-state index in [1.807, 2.05) is 12.1 Å². The fraction of sp³-hybridized carbons (Fsp3) is 0.600. The summed E-state index contributed by atoms with van der Waals surface area (Å²) in [5, 5.41) is 0. The zero-order chi connectivity index (χ0) is 14.3. The molecule has 20 heavy (non-hydrogen) atoms. The van der Waals surface area contributed by atoms with Gasteiger partial charge in [0.25, 0.3) is 0 Å². The Labute approximate surface area is 128 Å². The third-order valence-corrected chi connectivity index (χ3v) is 3.03. The summed E-state index contributed by atoms with van der Waals surface area (Å²) in [5.41, 5.74) is 7.06. The van der Waals surface area contributed by atoms with Crippen molar-refractivity contribution >= 4 is 12.4 Å². The maximum atomic E-state index is 6.01. The van der Waals surface area contributed by atoms with Crippen molar-refractivity contribution in [3.8, 4) is 17.2 Å². The van der Waals surface area contributed by atoms with Gasteiger partial charge in [0.1, 0.15) is 5.75 Å². The summed E-state index contributed by atoms with van der Waals surface area (Å²) in [6, 6.07) is 3.96. The SMILES string of the molecule is CCCOc1cc(OC)c(CC(N)CC)cc1OC.Cl. The van der Waals surface area contributed by atoms with Gasteiger partial charge in [0.05, 0.1) is 20.8 Å². The Morgan fingerprint density at radius 1 is 1.05 bits per heavy atom. The highest BCUT2D eigenvalue weighted by molar-refractivity contribution is 5.85. The van der Waals surface area contributed by atoms with Crippen molar-refractivity contribution in [2.75, 3.05) is 20.8 Å². The van der Waals surface area contributed by atoms with Gasteiger partial charge < -0.3 is 19.9 Å². The number of halogens is 1. The molecular weight excluding hydrogens is 278 g/mol. The first-order valence-corrected chi connectivity index (χ1v) is 6.79. The Morgan fingerprint density at radius 2 is 1.70 bits per heavy atom. The molecule has 5 heteroatoms. The van der Waals surface area contributed by atoms with Gasteiger partial charge in [-0.15, -0.1) is 12.4 Å². The molecule has 0 spiro atoms. The van der Waals surface area contributed by atoms with Gasteiger partial charge in [-0.05, 0) is 30.9 Å². The molecule has 116 valence electrons. The van der Waals surface area contributed by atoms with Crippen LogP contribution in [0.3, 0.4) is 0 Å². The smallest absolute Gasteiger partial charge is 0.164 e. The molecule has 0 fully saturated rings. The van der Waals surface area contributed by atoms with Crippen LogP contribution in [-0.2, 0) is 6.42 Å². The summed E-state index contributed by atoms with van der Waals surface area (Å²) in [5.74, 6) is 2.25. The van der Waals surface area contributed by atoms with Crippen LogP contribution in [0.2, 0.25) is 0 Å². The van der Waals surface area contributed by atoms with E-state index in [0.29, 0.717) is 6.61 Å². The maximum absolute atomic E-state index is 6.01. The largest absolute Gasteiger partial charge is 0.496 e. The molecule has 1 unspecified atom stereocenters. The van der Waals surface area contributed by atoms with Gasteiger partial charge in [0, 0.05) is 12.1 Å². The fourth-order valence-electron chi connectivity index (χ4n) is 1.84. The van der Waals surface area contributed by atoms with Crippen LogP contribution in [0.1, 0.15) is 32.3 Å². The van der Waals surface area contributed by atoms with E-state index >= 15 is 0 Å². The number of ether oxygens (including phenoxy) is 3. The predicted molar refractivity (Wildman–Crippen MR) is 84.6 cm³/mol. The van der Waals surface area contributed by atoms with Crippen molar-refractivity contribution in [1.82, 2.24) is 0 Å². The molecule has 0 radical (unpaired) electrons. The van der Waals surface area contributed by atoms with E-state index in [9.17, 15) is 0 Å². The van der Waals surface area contributed by atoms with E-state index in [-0.39, 0.29) is 18.4 Å². The van der Waals surface area contributed by atoms with E-state index in [1.54, 1.807) is 14.2 Å². The minimum atomic E-state index is 0. The second-order valence-corrected chi connectivity index (χ2v) is 4.54. The van der Waals surface area contributed by atoms with Gasteiger partial charge in [0.15, 0.2) is 11.5 Å². The van der Waals surface area contributed by atoms with Crippen LogP contribution >= 0.6 is 12.4 Å². The minimum absolute atomic E-state index is 0. The molecule has 0 saturated heterocycles. The molecule has 0 aliphatic carbocycles. The Balaban J connectivity index is 0.00000361. The lowest BCUT2D eigenvalue weighted by atomic mass is 10.0. The quantitative estimate of drug-likeness (QED) is 0.801. The van der Waals surface area contributed by atoms with Gasteiger partial charge >= 0.3 is 0 Å². The molecule has 2 N–H and O–H groups in total. The lowest BCUT2D eigenvalue weighted by Gasteiger charge is -2.17. The van der Waals surface area contributed by atoms with Crippen LogP contribution in [0.4, 0.5) is 0 Å². The molecule has 1 rings (SSSR count). The topological polar surface area (TPSA) is 53.7 Å². The highest BCUT2D eigenvalue weighted by Crippen LogP contribution is 2.35. The molecule has 4 nitrogen and oxygen atoms in total. The first kappa shape index (κ1) is 18.9. The summed E-state index contributed by atoms with van der Waals surface area (Å²) in [4.78, 5) is 0. The van der Waals surface area contributed by atoms with Crippen LogP contribution in [-0.4, -0.2) is 26.9 Å². The number of benzene rings is 1. The van der Waals surface area contributed by atoms with Gasteiger partial charge in [0.2, 0.25) is 0 Å². The standard InChI is InChI=1S/C15H25NO3.ClH/c1-5-7-19-15-10-13(17-3)11(8-12(16)6-2)9-14(15)18-4;/h9-10,12H,5-8,16H2,1-4H3;1H. The highest BCUT2D eigenvalue weighted by Gasteiger charge is 2.14. The van der Waals surface area contributed by atoms with E-state index in [1.165, 1.54) is 0 Å². The lowest BCUT2D eigenvalue weighted by molar-refractivity contribution is 0.291. The normalized spacial score (nSPS) is 11.4. The number of rotatable bonds is 8. The second kappa shape index (κ2) is 9.72. The van der Waals surface area contributed by atoms with Crippen LogP contribution in [0.5, 0.6) is 17.2 Å². The average Bonchev–Trinajstić information content (AvgIpc) is 2.44. The Hall–Kier alpha value is -1.13. The van der Waals surface area contributed by atoms with Crippen molar-refractivity contribution in [1.29, 1.82) is 0 Å². The first-order chi connectivity index (χ1) is 9.15. The van der Waals surface area contributed by atoms with Crippen LogP contribution < -0.4 is 19.9 Å². The number of nitrogens with two attached hydrogens (primary N) is 1. The van der Waals surface area contributed by atoms with E-state index < -0.39 is 0 Å². The zero-order valence-corrected chi connectivity index (χ0v) is 13.6. The molecule has 0 aliphatic rings. The van der Waals surface area contributed by atoms with Crippen molar-refractivity contribution in [2.45, 2.75) is 39.2 Å². The molecule has 0 heterocycles. The summed E-state index contributed by atoms with van der Waals surface area (Å²) in [6.45, 7) is 4.80. The van der Waals surface area contributed by atoms with Crippen LogP contribution in [0.25, 0.3) is 0 Å². The third kappa shape index (κ3) is 5.10. The van der Waals surface area contributed by atoms with Gasteiger partial charge in [-0.1, -0.05) is 13.8 Å². The predicted octanol–water partition coefficient (Wildman–Crippen LogP) is 3.19. The van der Waals surface area contributed by atoms with E-state index in [0.717, 1.165) is 42.1 Å². The third-order valence-electron chi connectivity index (χ3n) is 3.03. The maximum Gasteiger partial charge on any atom is 0.164 e. The molecule has 1 atom stereocenters. The molecule has 0 aliphatic heterocycles. The molecular formula is C15H26ClNO3. The average molecular weight is 304 g/mol. The minimum Gasteiger partial charge on any atom is -0.496 e. The lowest BCUT2D eigenvalue weighted by Crippen LogP contribution is -2.21. The molecule has 1 aromatic carbocycles. The Kier molecular flexibility index (Phi) is 9.17. The van der Waals surface area contributed by atoms with Crippen molar-refractivity contribution in [2.24, 2.45) is 5.73 Å². The first-order valence-electron chi connectivity index (χ1n) is 6.79. The Morgan fingerprint density at radius 3 is 2.20 bits per heavy atom. The highest BCUT2D eigenvalue weighted by atomic mass is 35.5. The molecule has 0 amide bonds. The summed E-state index contributed by atoms with van der Waals surface area (Å²) < 4.78 is 16.5. The fourth-order valence-corrected chi connectivity index (χ4v) is 1.84. The summed E-state index contributed by atoms with van der Waals surface area (Å²) >= 11 is 0. The van der Waals surface area contributed by atoms with Crippen LogP contribution in [0, 0.1) is 0 Å². The van der Waals surface area contributed by atoms with Gasteiger partial charge in [-0.3, -0.25) is 0 Å². The van der Waals surface area contributed by atoms with Crippen LogP contribution in [0.15, 0.2) is 12.1 Å². The zero-order valence-electron chi connectivity index (χ0n) is 12.8. The number of hydrogen-bond acceptors (Lipinski definition) is 4.